The highest BCUT2D eigenvalue weighted by molar-refractivity contribution is 6.46. The van der Waals surface area contributed by atoms with Gasteiger partial charge in [0.1, 0.15) is 23.3 Å². The van der Waals surface area contributed by atoms with Crippen LogP contribution in [0.4, 0.5) is 0 Å². The molecule has 27 heavy (non-hydrogen) atoms. The first-order chi connectivity index (χ1) is 13.1. The molecule has 6 nitrogen and oxygen atoms in total. The second-order valence-corrected chi connectivity index (χ2v) is 6.89. The lowest BCUT2D eigenvalue weighted by Gasteiger charge is -2.29. The average Bonchev–Trinajstić information content (AvgIpc) is 3.43. The van der Waals surface area contributed by atoms with Gasteiger partial charge < -0.3 is 19.2 Å². The molecule has 140 valence electrons. The monoisotopic (exact) mass is 367 g/mol. The van der Waals surface area contributed by atoms with Gasteiger partial charge in [0.25, 0.3) is 11.7 Å². The highest BCUT2D eigenvalue weighted by Crippen LogP contribution is 2.43. The fraction of sp³-hybridized carbons (Fsp3) is 0.333. The third kappa shape index (κ3) is 2.91. The number of carbonyl (C=O) groups excluding carboxylic acids is 2. The van der Waals surface area contributed by atoms with Crippen LogP contribution in [0.1, 0.15) is 43.0 Å². The molecule has 2 heterocycles. The van der Waals surface area contributed by atoms with Crippen molar-refractivity contribution in [3.63, 3.8) is 0 Å². The molecule has 2 fully saturated rings. The van der Waals surface area contributed by atoms with Crippen molar-refractivity contribution in [3.8, 4) is 5.75 Å². The first-order valence-electron chi connectivity index (χ1n) is 9.09. The Morgan fingerprint density at radius 2 is 1.96 bits per heavy atom. The zero-order valence-electron chi connectivity index (χ0n) is 15.1. The number of aliphatic hydroxyl groups excluding tert-OH is 1. The number of hydrogen-bond donors (Lipinski definition) is 1. The van der Waals surface area contributed by atoms with Crippen LogP contribution in [-0.2, 0) is 9.59 Å². The Bertz CT molecular complexity index is 893. The lowest BCUT2D eigenvalue weighted by molar-refractivity contribution is -0.141. The first-order valence-corrected chi connectivity index (χ1v) is 9.09. The maximum Gasteiger partial charge on any atom is 0.296 e. The van der Waals surface area contributed by atoms with Crippen LogP contribution in [0.3, 0.4) is 0 Å². The summed E-state index contributed by atoms with van der Waals surface area (Å²) in [6.07, 6.45) is 5.26. The van der Waals surface area contributed by atoms with Crippen LogP contribution in [0, 0.1) is 0 Å². The van der Waals surface area contributed by atoms with Crippen LogP contribution in [0.2, 0.25) is 0 Å². The number of furan rings is 1. The number of amides is 1. The molecular weight excluding hydrogens is 346 g/mol. The van der Waals surface area contributed by atoms with Crippen LogP contribution in [0.25, 0.3) is 5.76 Å². The van der Waals surface area contributed by atoms with Crippen LogP contribution >= 0.6 is 0 Å². The zero-order chi connectivity index (χ0) is 19.0. The summed E-state index contributed by atoms with van der Waals surface area (Å²) in [4.78, 5) is 27.3. The highest BCUT2D eigenvalue weighted by atomic mass is 16.5. The van der Waals surface area contributed by atoms with E-state index in [9.17, 15) is 14.7 Å². The molecule has 1 aliphatic carbocycles. The topological polar surface area (TPSA) is 80.0 Å². The summed E-state index contributed by atoms with van der Waals surface area (Å²) in [6.45, 7) is 0. The molecule has 2 aromatic rings. The number of Topliss-reactive ketones (excluding diaryl/α,β-unsaturated/α-hetero) is 1. The van der Waals surface area contributed by atoms with Gasteiger partial charge in [-0.15, -0.1) is 0 Å². The Morgan fingerprint density at radius 3 is 2.63 bits per heavy atom. The van der Waals surface area contributed by atoms with Crippen molar-refractivity contribution in [2.45, 2.75) is 37.8 Å². The first kappa shape index (κ1) is 17.4. The number of benzene rings is 1. The van der Waals surface area contributed by atoms with Gasteiger partial charge in [-0.3, -0.25) is 9.59 Å². The summed E-state index contributed by atoms with van der Waals surface area (Å²) in [5, 5.41) is 10.9. The minimum absolute atomic E-state index is 0.0211. The molecule has 4 rings (SSSR count). The van der Waals surface area contributed by atoms with Gasteiger partial charge in [-0.05, 0) is 37.1 Å². The molecule has 1 aromatic carbocycles. The average molecular weight is 367 g/mol. The number of nitrogens with zero attached hydrogens (tertiary/aromatic N) is 1. The second kappa shape index (κ2) is 6.95. The third-order valence-corrected chi connectivity index (χ3v) is 5.35. The molecule has 1 saturated heterocycles. The Kier molecular flexibility index (Phi) is 4.48. The SMILES string of the molecule is COc1cccc(/C(O)=C2/C(=O)C(=O)N(C3CCCC3)C2c2ccco2)c1. The van der Waals surface area contributed by atoms with Crippen molar-refractivity contribution < 1.29 is 23.8 Å². The van der Waals surface area contributed by atoms with Crippen molar-refractivity contribution in [2.24, 2.45) is 0 Å². The molecule has 0 radical (unpaired) electrons. The minimum atomic E-state index is -0.714. The van der Waals surface area contributed by atoms with Gasteiger partial charge in [0.15, 0.2) is 0 Å². The maximum absolute atomic E-state index is 12.9. The van der Waals surface area contributed by atoms with E-state index in [1.807, 2.05) is 0 Å². The van der Waals surface area contributed by atoms with Gasteiger partial charge in [0.05, 0.1) is 18.9 Å². The molecule has 2 aliphatic rings. The molecule has 1 aromatic heterocycles. The van der Waals surface area contributed by atoms with Crippen LogP contribution in [0.15, 0.2) is 52.7 Å². The highest BCUT2D eigenvalue weighted by Gasteiger charge is 2.50. The number of methoxy groups -OCH3 is 1. The predicted octanol–water partition coefficient (Wildman–Crippen LogP) is 3.65. The molecule has 1 aliphatic heterocycles. The van der Waals surface area contributed by atoms with E-state index >= 15 is 0 Å². The fourth-order valence-electron chi connectivity index (χ4n) is 4.06. The number of likely N-dealkylation sites (tertiary alicyclic amines) is 1. The van der Waals surface area contributed by atoms with E-state index in [0.29, 0.717) is 17.1 Å². The molecule has 0 bridgehead atoms. The summed E-state index contributed by atoms with van der Waals surface area (Å²) in [5.74, 6) is -0.435. The summed E-state index contributed by atoms with van der Waals surface area (Å²) in [5.41, 5.74) is 0.491. The number of ether oxygens (including phenoxy) is 1. The molecule has 1 amide bonds. The van der Waals surface area contributed by atoms with Crippen LogP contribution in [-0.4, -0.2) is 34.8 Å². The second-order valence-electron chi connectivity index (χ2n) is 6.89. The summed E-state index contributed by atoms with van der Waals surface area (Å²) in [7, 11) is 1.53. The number of aliphatic hydroxyl groups is 1. The van der Waals surface area contributed by atoms with Crippen molar-refractivity contribution >= 4 is 17.4 Å². The smallest absolute Gasteiger partial charge is 0.296 e. The summed E-state index contributed by atoms with van der Waals surface area (Å²) >= 11 is 0. The Labute approximate surface area is 157 Å². The Hall–Kier alpha value is -3.02. The van der Waals surface area contributed by atoms with Gasteiger partial charge in [-0.25, -0.2) is 0 Å². The van der Waals surface area contributed by atoms with Crippen molar-refractivity contribution in [1.29, 1.82) is 0 Å². The van der Waals surface area contributed by atoms with Gasteiger partial charge in [0.2, 0.25) is 0 Å². The molecule has 1 N–H and O–H groups in total. The van der Waals surface area contributed by atoms with Crippen molar-refractivity contribution in [2.75, 3.05) is 7.11 Å². The Balaban J connectivity index is 1.86. The molecule has 6 heteroatoms. The van der Waals surface area contributed by atoms with Crippen molar-refractivity contribution in [1.82, 2.24) is 4.90 Å². The van der Waals surface area contributed by atoms with E-state index in [-0.39, 0.29) is 17.4 Å². The number of hydrogen-bond acceptors (Lipinski definition) is 5. The normalized spacial score (nSPS) is 22.6. The quantitative estimate of drug-likeness (QED) is 0.507. The fourth-order valence-corrected chi connectivity index (χ4v) is 4.06. The third-order valence-electron chi connectivity index (χ3n) is 5.35. The summed E-state index contributed by atoms with van der Waals surface area (Å²) < 4.78 is 10.8. The van der Waals surface area contributed by atoms with Gasteiger partial charge >= 0.3 is 0 Å². The number of rotatable bonds is 4. The maximum atomic E-state index is 12.9. The lowest BCUT2D eigenvalue weighted by atomic mass is 9.98. The van der Waals surface area contributed by atoms with E-state index in [2.05, 4.69) is 0 Å². The van der Waals surface area contributed by atoms with E-state index < -0.39 is 17.7 Å². The predicted molar refractivity (Wildman–Crippen MR) is 98.1 cm³/mol. The van der Waals surface area contributed by atoms with E-state index in [4.69, 9.17) is 9.15 Å². The molecular formula is C21H21NO5. The molecule has 1 unspecified atom stereocenters. The zero-order valence-corrected chi connectivity index (χ0v) is 15.1. The summed E-state index contributed by atoms with van der Waals surface area (Å²) in [6, 6.07) is 9.51. The molecule has 1 atom stereocenters. The molecule has 0 spiro atoms. The van der Waals surface area contributed by atoms with Gasteiger partial charge in [0, 0.05) is 11.6 Å². The van der Waals surface area contributed by atoms with E-state index in [0.717, 1.165) is 25.7 Å². The number of ketones is 1. The van der Waals surface area contributed by atoms with E-state index in [1.54, 1.807) is 41.3 Å². The van der Waals surface area contributed by atoms with Crippen LogP contribution < -0.4 is 4.74 Å². The molecule has 1 saturated carbocycles. The van der Waals surface area contributed by atoms with Crippen molar-refractivity contribution in [3.05, 3.63) is 59.6 Å². The lowest BCUT2D eigenvalue weighted by Crippen LogP contribution is -2.37. The minimum Gasteiger partial charge on any atom is -0.507 e. The van der Waals surface area contributed by atoms with Gasteiger partial charge in [-0.1, -0.05) is 25.0 Å². The Morgan fingerprint density at radius 1 is 1.19 bits per heavy atom. The van der Waals surface area contributed by atoms with Crippen LogP contribution in [0.5, 0.6) is 5.75 Å². The van der Waals surface area contributed by atoms with E-state index in [1.165, 1.54) is 13.4 Å². The largest absolute Gasteiger partial charge is 0.507 e. The van der Waals surface area contributed by atoms with Gasteiger partial charge in [-0.2, -0.15) is 0 Å². The number of carbonyl (C=O) groups is 2. The standard InChI is InChI=1S/C21H21NO5/c1-26-15-9-4-6-13(12-15)19(23)17-18(16-10-5-11-27-16)22(21(25)20(17)24)14-7-2-3-8-14/h4-6,9-12,14,18,23H,2-3,7-8H2,1H3/b19-17-.